The summed E-state index contributed by atoms with van der Waals surface area (Å²) in [4.78, 5) is 26.3. The van der Waals surface area contributed by atoms with Gasteiger partial charge in [-0.05, 0) is 25.8 Å². The van der Waals surface area contributed by atoms with Crippen LogP contribution in [0.5, 0.6) is 0 Å². The Morgan fingerprint density at radius 1 is 1.14 bits per heavy atom. The van der Waals surface area contributed by atoms with Crippen LogP contribution in [0, 0.1) is 0 Å². The maximum absolute atomic E-state index is 12.7. The molecule has 3 rings (SSSR count). The summed E-state index contributed by atoms with van der Waals surface area (Å²) in [6, 6.07) is 7.50. The van der Waals surface area contributed by atoms with E-state index in [0.29, 0.717) is 18.6 Å². The number of unbranched alkanes of at least 4 members (excludes halogenated alkanes) is 5. The molecule has 1 aliphatic rings. The first-order valence-corrected chi connectivity index (χ1v) is 12.5. The number of aromatic amines is 1. The molecule has 4 N–H and O–H groups in total. The fraction of sp³-hybridized carbons (Fsp3) is 0.615. The number of fused-ring (bicyclic) bond motifs is 1. The molecule has 0 amide bonds. The van der Waals surface area contributed by atoms with E-state index in [0.717, 1.165) is 49.4 Å². The predicted octanol–water partition coefficient (Wildman–Crippen LogP) is 3.77. The number of carbonyl (C=O) groups is 2. The summed E-state index contributed by atoms with van der Waals surface area (Å²) in [6.45, 7) is 2.27. The average Bonchev–Trinajstić information content (AvgIpc) is 3.24. The number of rotatable bonds is 14. The van der Waals surface area contributed by atoms with Crippen molar-refractivity contribution in [2.45, 2.75) is 95.4 Å². The number of aromatic nitrogens is 1. The number of hydrogen-bond donors (Lipinski definition) is 4. The molecular weight excluding hydrogens is 454 g/mol. The third-order valence-electron chi connectivity index (χ3n) is 6.35. The van der Waals surface area contributed by atoms with Crippen LogP contribution in [-0.2, 0) is 19.0 Å². The number of H-pyrrole nitrogens is 1. The molecule has 1 aromatic heterocycles. The Balaban J connectivity index is 1.29. The van der Waals surface area contributed by atoms with E-state index < -0.39 is 42.6 Å². The zero-order valence-electron chi connectivity index (χ0n) is 20.2. The number of aliphatic hydroxyl groups excluding tert-OH is 2. The van der Waals surface area contributed by atoms with E-state index in [-0.39, 0.29) is 12.8 Å². The molecule has 0 radical (unpaired) electrons. The second-order valence-corrected chi connectivity index (χ2v) is 9.24. The summed E-state index contributed by atoms with van der Waals surface area (Å²) in [5.74, 6) is -1.42. The fourth-order valence-electron chi connectivity index (χ4n) is 4.36. The van der Waals surface area contributed by atoms with Crippen molar-refractivity contribution in [1.29, 1.82) is 0 Å². The smallest absolute Gasteiger partial charge is 0.340 e. The van der Waals surface area contributed by atoms with E-state index in [1.807, 2.05) is 31.2 Å². The Kier molecular flexibility index (Phi) is 10.5. The molecule has 0 bridgehead atoms. The van der Waals surface area contributed by atoms with Gasteiger partial charge in [0.05, 0.1) is 24.2 Å². The molecular formula is C26H37NO8. The van der Waals surface area contributed by atoms with Gasteiger partial charge in [-0.1, -0.05) is 50.3 Å². The van der Waals surface area contributed by atoms with Crippen LogP contribution in [0.25, 0.3) is 10.9 Å². The van der Waals surface area contributed by atoms with Crippen LogP contribution < -0.4 is 0 Å². The molecule has 0 saturated carbocycles. The quantitative estimate of drug-likeness (QED) is 0.231. The van der Waals surface area contributed by atoms with E-state index in [9.17, 15) is 19.8 Å². The topological polar surface area (TPSA) is 138 Å². The lowest BCUT2D eigenvalue weighted by atomic mass is 10.0. The first-order chi connectivity index (χ1) is 16.8. The van der Waals surface area contributed by atoms with Crippen LogP contribution in [0.2, 0.25) is 0 Å². The van der Waals surface area contributed by atoms with Crippen LogP contribution >= 0.6 is 0 Å². The molecule has 194 valence electrons. The van der Waals surface area contributed by atoms with Crippen molar-refractivity contribution >= 4 is 22.8 Å². The lowest BCUT2D eigenvalue weighted by Gasteiger charge is -2.37. The molecule has 1 aliphatic heterocycles. The van der Waals surface area contributed by atoms with E-state index in [1.54, 1.807) is 6.20 Å². The molecule has 35 heavy (non-hydrogen) atoms. The molecule has 5 atom stereocenters. The number of carboxylic acids is 1. The number of carbonyl (C=O) groups excluding carboxylic acids is 1. The van der Waals surface area contributed by atoms with Crippen LogP contribution in [-0.4, -0.2) is 69.6 Å². The molecule has 5 unspecified atom stereocenters. The number of carboxylic acid groups (broad SMARTS) is 1. The number of para-hydroxylation sites is 1. The summed E-state index contributed by atoms with van der Waals surface area (Å²) < 4.78 is 17.2. The minimum atomic E-state index is -0.971. The lowest BCUT2D eigenvalue weighted by Crippen LogP contribution is -2.48. The van der Waals surface area contributed by atoms with Crippen LogP contribution in [0.4, 0.5) is 0 Å². The van der Waals surface area contributed by atoms with Gasteiger partial charge >= 0.3 is 11.9 Å². The SMILES string of the molecule is CC1OC(OCCCCCCCCC(O)CC(=O)O)C(O)CC1OC(=O)c1c[nH]c2ccccc12. The summed E-state index contributed by atoms with van der Waals surface area (Å²) in [5, 5.41) is 29.4. The van der Waals surface area contributed by atoms with Crippen molar-refractivity contribution in [3.8, 4) is 0 Å². The van der Waals surface area contributed by atoms with Crippen molar-refractivity contribution < 1.29 is 39.1 Å². The minimum absolute atomic E-state index is 0.196. The van der Waals surface area contributed by atoms with Crippen molar-refractivity contribution in [3.63, 3.8) is 0 Å². The maximum Gasteiger partial charge on any atom is 0.340 e. The number of hydrogen-bond acceptors (Lipinski definition) is 7. The second-order valence-electron chi connectivity index (χ2n) is 9.24. The molecule has 2 heterocycles. The zero-order chi connectivity index (χ0) is 25.2. The van der Waals surface area contributed by atoms with Gasteiger partial charge in [0, 0.05) is 30.1 Å². The number of esters is 1. The highest BCUT2D eigenvalue weighted by Crippen LogP contribution is 2.26. The molecule has 9 nitrogen and oxygen atoms in total. The predicted molar refractivity (Wildman–Crippen MR) is 129 cm³/mol. The van der Waals surface area contributed by atoms with Gasteiger partial charge in [-0.15, -0.1) is 0 Å². The number of aliphatic hydroxyl groups is 2. The van der Waals surface area contributed by atoms with Gasteiger partial charge in [-0.2, -0.15) is 0 Å². The van der Waals surface area contributed by atoms with E-state index in [2.05, 4.69) is 4.98 Å². The van der Waals surface area contributed by atoms with E-state index in [1.165, 1.54) is 0 Å². The highest BCUT2D eigenvalue weighted by molar-refractivity contribution is 6.04. The highest BCUT2D eigenvalue weighted by atomic mass is 16.7. The summed E-state index contributed by atoms with van der Waals surface area (Å²) >= 11 is 0. The van der Waals surface area contributed by atoms with Crippen molar-refractivity contribution in [2.24, 2.45) is 0 Å². The van der Waals surface area contributed by atoms with Gasteiger partial charge in [0.25, 0.3) is 0 Å². The fourth-order valence-corrected chi connectivity index (χ4v) is 4.36. The minimum Gasteiger partial charge on any atom is -0.481 e. The van der Waals surface area contributed by atoms with E-state index in [4.69, 9.17) is 19.3 Å². The van der Waals surface area contributed by atoms with Crippen LogP contribution in [0.3, 0.4) is 0 Å². The van der Waals surface area contributed by atoms with Crippen LogP contribution in [0.15, 0.2) is 30.5 Å². The number of aliphatic carboxylic acids is 1. The third kappa shape index (κ3) is 8.31. The highest BCUT2D eigenvalue weighted by Gasteiger charge is 2.38. The summed E-state index contributed by atoms with van der Waals surface area (Å²) in [6.07, 6.45) is 4.44. The normalized spacial score (nSPS) is 23.3. The molecule has 0 aliphatic carbocycles. The molecule has 0 spiro atoms. The van der Waals surface area contributed by atoms with Gasteiger partial charge in [-0.3, -0.25) is 4.79 Å². The Labute approximate surface area is 205 Å². The van der Waals surface area contributed by atoms with Gasteiger partial charge in [-0.25, -0.2) is 4.79 Å². The monoisotopic (exact) mass is 491 g/mol. The van der Waals surface area contributed by atoms with Crippen molar-refractivity contribution in [2.75, 3.05) is 6.61 Å². The van der Waals surface area contributed by atoms with Crippen LogP contribution in [0.1, 0.15) is 75.1 Å². The number of ether oxygens (including phenoxy) is 3. The number of benzene rings is 1. The first kappa shape index (κ1) is 27.1. The Hall–Kier alpha value is -2.46. The maximum atomic E-state index is 12.7. The molecule has 2 aromatic rings. The third-order valence-corrected chi connectivity index (χ3v) is 6.35. The van der Waals surface area contributed by atoms with E-state index >= 15 is 0 Å². The van der Waals surface area contributed by atoms with Gasteiger partial charge in [0.2, 0.25) is 0 Å². The summed E-state index contributed by atoms with van der Waals surface area (Å²) in [7, 11) is 0. The lowest BCUT2D eigenvalue weighted by molar-refractivity contribution is -0.260. The standard InChI is InChI=1S/C26H37NO8/c1-17-23(35-25(32)20-16-27-21-12-8-7-11-19(20)21)15-22(29)26(34-17)33-13-9-5-3-2-4-6-10-18(28)14-24(30)31/h7-8,11-12,16-18,22-23,26-29H,2-6,9-10,13-15H2,1H3,(H,30,31). The van der Waals surface area contributed by atoms with Crippen molar-refractivity contribution in [3.05, 3.63) is 36.0 Å². The Morgan fingerprint density at radius 2 is 1.86 bits per heavy atom. The van der Waals surface area contributed by atoms with Gasteiger partial charge < -0.3 is 34.5 Å². The molecule has 1 fully saturated rings. The molecule has 1 aromatic carbocycles. The van der Waals surface area contributed by atoms with Crippen molar-refractivity contribution in [1.82, 2.24) is 4.98 Å². The molecule has 9 heteroatoms. The zero-order valence-corrected chi connectivity index (χ0v) is 20.2. The van der Waals surface area contributed by atoms with Gasteiger partial charge in [0.15, 0.2) is 6.29 Å². The Morgan fingerprint density at radius 3 is 2.63 bits per heavy atom. The first-order valence-electron chi connectivity index (χ1n) is 12.5. The van der Waals surface area contributed by atoms with Gasteiger partial charge in [0.1, 0.15) is 12.2 Å². The largest absolute Gasteiger partial charge is 0.481 e. The summed E-state index contributed by atoms with van der Waals surface area (Å²) in [5.41, 5.74) is 1.31. The Bertz CT molecular complexity index is 944. The molecule has 1 saturated heterocycles. The average molecular weight is 492 g/mol. The number of nitrogens with one attached hydrogen (secondary N) is 1. The second kappa shape index (κ2) is 13.6.